The van der Waals surface area contributed by atoms with Crippen LogP contribution in [0.4, 0.5) is 4.79 Å². The third kappa shape index (κ3) is 6.74. The molecule has 5 nitrogen and oxygen atoms in total. The molecule has 4 aromatic rings. The van der Waals surface area contributed by atoms with E-state index in [-0.39, 0.29) is 6.03 Å². The van der Waals surface area contributed by atoms with Gasteiger partial charge in [0.2, 0.25) is 0 Å². The zero-order chi connectivity index (χ0) is 23.4. The van der Waals surface area contributed by atoms with Gasteiger partial charge in [0.15, 0.2) is 0 Å². The second kappa shape index (κ2) is 11.9. The number of rotatable bonds is 8. The number of benzene rings is 4. The van der Waals surface area contributed by atoms with Gasteiger partial charge < -0.3 is 0 Å². The summed E-state index contributed by atoms with van der Waals surface area (Å²) in [7, 11) is 0. The van der Waals surface area contributed by atoms with Crippen molar-refractivity contribution >= 4 is 18.5 Å². The van der Waals surface area contributed by atoms with Gasteiger partial charge in [-0.15, -0.1) is 0 Å². The molecule has 0 heterocycles. The Morgan fingerprint density at radius 2 is 0.853 bits per heavy atom. The quantitative estimate of drug-likeness (QED) is 0.236. The lowest BCUT2D eigenvalue weighted by molar-refractivity contribution is 0.151. The molecule has 0 unspecified atom stereocenters. The van der Waals surface area contributed by atoms with Crippen molar-refractivity contribution in [3.8, 4) is 0 Å². The smallest absolute Gasteiger partial charge is 0.244 e. The zero-order valence-corrected chi connectivity index (χ0v) is 18.8. The second-order valence-electron chi connectivity index (χ2n) is 7.68. The predicted octanol–water partition coefficient (Wildman–Crippen LogP) is 6.18. The summed E-state index contributed by atoms with van der Waals surface area (Å²) in [5, 5.41) is 12.0. The molecular weight excluding hydrogens is 420 g/mol. The van der Waals surface area contributed by atoms with E-state index >= 15 is 0 Å². The molecule has 0 aliphatic rings. The van der Waals surface area contributed by atoms with Crippen molar-refractivity contribution in [1.29, 1.82) is 0 Å². The molecular formula is C29H26N4O. The molecule has 5 heteroatoms. The van der Waals surface area contributed by atoms with Gasteiger partial charge in [0.25, 0.3) is 0 Å². The lowest BCUT2D eigenvalue weighted by Gasteiger charge is -2.24. The van der Waals surface area contributed by atoms with Crippen LogP contribution >= 0.6 is 0 Å². The predicted molar refractivity (Wildman–Crippen MR) is 137 cm³/mol. The van der Waals surface area contributed by atoms with E-state index in [0.717, 1.165) is 22.3 Å². The van der Waals surface area contributed by atoms with Crippen molar-refractivity contribution in [2.75, 3.05) is 0 Å². The minimum atomic E-state index is -0.313. The topological polar surface area (TPSA) is 48.3 Å². The van der Waals surface area contributed by atoms with Crippen LogP contribution < -0.4 is 0 Å². The number of hydrogen-bond acceptors (Lipinski definition) is 3. The van der Waals surface area contributed by atoms with Gasteiger partial charge in [-0.3, -0.25) is 0 Å². The van der Waals surface area contributed by atoms with Crippen LogP contribution in [0.15, 0.2) is 132 Å². The number of amides is 2. The van der Waals surface area contributed by atoms with Crippen molar-refractivity contribution in [1.82, 2.24) is 10.0 Å². The fourth-order valence-electron chi connectivity index (χ4n) is 3.31. The normalized spacial score (nSPS) is 11.1. The summed E-state index contributed by atoms with van der Waals surface area (Å²) in [5.41, 5.74) is 3.78. The number of urea groups is 1. The fourth-order valence-corrected chi connectivity index (χ4v) is 3.31. The summed E-state index contributed by atoms with van der Waals surface area (Å²) in [5.74, 6) is 0. The summed E-state index contributed by atoms with van der Waals surface area (Å²) < 4.78 is 0. The molecule has 0 saturated carbocycles. The molecule has 0 aliphatic heterocycles. The first-order chi connectivity index (χ1) is 16.8. The first-order valence-corrected chi connectivity index (χ1v) is 11.1. The van der Waals surface area contributed by atoms with Gasteiger partial charge in [0.05, 0.1) is 25.5 Å². The van der Waals surface area contributed by atoms with Gasteiger partial charge in [-0.05, 0) is 22.3 Å². The maximum Gasteiger partial charge on any atom is 0.361 e. The van der Waals surface area contributed by atoms with Crippen molar-refractivity contribution in [2.24, 2.45) is 10.2 Å². The molecule has 4 rings (SSSR count). The van der Waals surface area contributed by atoms with Gasteiger partial charge >= 0.3 is 6.03 Å². The summed E-state index contributed by atoms with van der Waals surface area (Å²) in [6, 6.07) is 38.8. The van der Waals surface area contributed by atoms with Crippen LogP contribution in [0.5, 0.6) is 0 Å². The number of nitrogens with zero attached hydrogens (tertiary/aromatic N) is 4. The SMILES string of the molecule is O=C(N(Cc1ccccc1)/N=C/c1ccccc1)N(Cc1ccccc1)/N=C/c1ccccc1. The first-order valence-electron chi connectivity index (χ1n) is 11.1. The Labute approximate surface area is 200 Å². The summed E-state index contributed by atoms with van der Waals surface area (Å²) in [6.07, 6.45) is 3.39. The Balaban J connectivity index is 1.64. The molecule has 0 radical (unpaired) electrons. The standard InChI is InChI=1S/C29H26N4O/c34-29(32(23-27-17-9-3-10-18-27)30-21-25-13-5-1-6-14-25)33(24-28-19-11-4-12-20-28)31-22-26-15-7-2-8-16-26/h1-22H,23-24H2/b30-21+,31-22+. The first kappa shape index (κ1) is 22.7. The largest absolute Gasteiger partial charge is 0.361 e. The van der Waals surface area contributed by atoms with E-state index in [1.165, 1.54) is 10.0 Å². The third-order valence-electron chi connectivity index (χ3n) is 5.08. The van der Waals surface area contributed by atoms with E-state index in [9.17, 15) is 4.79 Å². The highest BCUT2D eigenvalue weighted by molar-refractivity contribution is 5.83. The van der Waals surface area contributed by atoms with Crippen LogP contribution in [-0.4, -0.2) is 28.5 Å². The molecule has 34 heavy (non-hydrogen) atoms. The van der Waals surface area contributed by atoms with Gasteiger partial charge in [0.1, 0.15) is 0 Å². The maximum absolute atomic E-state index is 13.7. The highest BCUT2D eigenvalue weighted by atomic mass is 16.2. The Morgan fingerprint density at radius 3 is 1.21 bits per heavy atom. The maximum atomic E-state index is 13.7. The van der Waals surface area contributed by atoms with Crippen molar-refractivity contribution in [3.05, 3.63) is 144 Å². The van der Waals surface area contributed by atoms with Crippen molar-refractivity contribution < 1.29 is 4.79 Å². The lowest BCUT2D eigenvalue weighted by Crippen LogP contribution is -2.37. The van der Waals surface area contributed by atoms with Crippen molar-refractivity contribution in [2.45, 2.75) is 13.1 Å². The van der Waals surface area contributed by atoms with Crippen LogP contribution in [0, 0.1) is 0 Å². The molecule has 0 aliphatic carbocycles. The van der Waals surface area contributed by atoms with Gasteiger partial charge in [0, 0.05) is 0 Å². The molecule has 0 atom stereocenters. The van der Waals surface area contributed by atoms with Gasteiger partial charge in [-0.25, -0.2) is 14.8 Å². The highest BCUT2D eigenvalue weighted by Gasteiger charge is 2.21. The molecule has 2 amide bonds. The average molecular weight is 447 g/mol. The van der Waals surface area contributed by atoms with Crippen molar-refractivity contribution in [3.63, 3.8) is 0 Å². The fraction of sp³-hybridized carbons (Fsp3) is 0.0690. The molecule has 168 valence electrons. The number of carbonyl (C=O) groups is 1. The molecule has 0 fully saturated rings. The van der Waals surface area contributed by atoms with Gasteiger partial charge in [-0.2, -0.15) is 10.2 Å². The Hall–Kier alpha value is -4.51. The Morgan fingerprint density at radius 1 is 0.529 bits per heavy atom. The van der Waals surface area contributed by atoms with Crippen LogP contribution in [-0.2, 0) is 13.1 Å². The molecule has 0 bridgehead atoms. The average Bonchev–Trinajstić information content (AvgIpc) is 2.91. The van der Waals surface area contributed by atoms with E-state index in [4.69, 9.17) is 0 Å². The molecule has 0 N–H and O–H groups in total. The van der Waals surface area contributed by atoms with E-state index in [1.54, 1.807) is 12.4 Å². The Kier molecular flexibility index (Phi) is 7.95. The second-order valence-corrected chi connectivity index (χ2v) is 7.68. The van der Waals surface area contributed by atoms with Crippen LogP contribution in [0.2, 0.25) is 0 Å². The van der Waals surface area contributed by atoms with E-state index in [2.05, 4.69) is 10.2 Å². The van der Waals surface area contributed by atoms with Crippen LogP contribution in [0.1, 0.15) is 22.3 Å². The molecule has 0 spiro atoms. The van der Waals surface area contributed by atoms with Crippen LogP contribution in [0.3, 0.4) is 0 Å². The minimum Gasteiger partial charge on any atom is -0.244 e. The molecule has 0 saturated heterocycles. The number of hydrazone groups is 2. The third-order valence-corrected chi connectivity index (χ3v) is 5.08. The molecule has 4 aromatic carbocycles. The van der Waals surface area contributed by atoms with E-state index in [0.29, 0.717) is 13.1 Å². The molecule has 0 aromatic heterocycles. The number of carbonyl (C=O) groups excluding carboxylic acids is 1. The summed E-state index contributed by atoms with van der Waals surface area (Å²) in [4.78, 5) is 13.7. The summed E-state index contributed by atoms with van der Waals surface area (Å²) >= 11 is 0. The van der Waals surface area contributed by atoms with E-state index in [1.807, 2.05) is 121 Å². The lowest BCUT2D eigenvalue weighted by atomic mass is 10.2. The van der Waals surface area contributed by atoms with E-state index < -0.39 is 0 Å². The Bertz CT molecular complexity index is 1110. The monoisotopic (exact) mass is 446 g/mol. The minimum absolute atomic E-state index is 0.313. The van der Waals surface area contributed by atoms with Gasteiger partial charge in [-0.1, -0.05) is 121 Å². The number of hydrogen-bond donors (Lipinski definition) is 0. The van der Waals surface area contributed by atoms with Crippen LogP contribution in [0.25, 0.3) is 0 Å². The summed E-state index contributed by atoms with van der Waals surface area (Å²) in [6.45, 7) is 0.657. The highest BCUT2D eigenvalue weighted by Crippen LogP contribution is 2.13. The zero-order valence-electron chi connectivity index (χ0n) is 18.8.